The van der Waals surface area contributed by atoms with Gasteiger partial charge in [-0.1, -0.05) is 0 Å². The summed E-state index contributed by atoms with van der Waals surface area (Å²) < 4.78 is 7.87. The third-order valence-corrected chi connectivity index (χ3v) is 2.73. The van der Waals surface area contributed by atoms with Crippen molar-refractivity contribution in [3.8, 4) is 0 Å². The minimum Gasteiger partial charge on any atom is -0.377 e. The van der Waals surface area contributed by atoms with Crippen LogP contribution in [0.25, 0.3) is 0 Å². The number of piperidine rings is 1. The summed E-state index contributed by atoms with van der Waals surface area (Å²) in [6, 6.07) is 0. The van der Waals surface area contributed by atoms with Crippen LogP contribution in [-0.2, 0) is 11.3 Å². The number of hydrogen-bond acceptors (Lipinski definition) is 3. The van der Waals surface area contributed by atoms with Gasteiger partial charge in [-0.15, -0.1) is 0 Å². The molecule has 1 saturated heterocycles. The third kappa shape index (κ3) is 3.64. The summed E-state index contributed by atoms with van der Waals surface area (Å²) >= 11 is 0. The fourth-order valence-corrected chi connectivity index (χ4v) is 1.88. The Morgan fingerprint density at radius 3 is 3.27 bits per heavy atom. The topological polar surface area (TPSA) is 39.1 Å². The molecule has 0 aromatic carbocycles. The molecule has 4 nitrogen and oxygen atoms in total. The molecule has 0 bridgehead atoms. The molecular formula is C11H19N3O. The molecule has 1 fully saturated rings. The van der Waals surface area contributed by atoms with E-state index in [4.69, 9.17) is 4.74 Å². The maximum absolute atomic E-state index is 5.78. The van der Waals surface area contributed by atoms with Crippen LogP contribution in [0.5, 0.6) is 0 Å². The summed E-state index contributed by atoms with van der Waals surface area (Å²) in [6.45, 7) is 4.02. The molecule has 1 N–H and O–H groups in total. The summed E-state index contributed by atoms with van der Waals surface area (Å²) in [5.74, 6) is 0. The molecule has 15 heavy (non-hydrogen) atoms. The monoisotopic (exact) mass is 209 g/mol. The van der Waals surface area contributed by atoms with Gasteiger partial charge in [0.2, 0.25) is 0 Å². The molecule has 2 rings (SSSR count). The number of aromatic nitrogens is 2. The second-order valence-corrected chi connectivity index (χ2v) is 3.99. The molecule has 0 radical (unpaired) electrons. The van der Waals surface area contributed by atoms with E-state index in [1.807, 2.05) is 18.7 Å². The molecule has 1 unspecified atom stereocenters. The van der Waals surface area contributed by atoms with E-state index in [9.17, 15) is 0 Å². The Morgan fingerprint density at radius 2 is 2.53 bits per heavy atom. The second kappa shape index (κ2) is 5.88. The van der Waals surface area contributed by atoms with Crippen molar-refractivity contribution in [1.29, 1.82) is 0 Å². The van der Waals surface area contributed by atoms with E-state index < -0.39 is 0 Å². The van der Waals surface area contributed by atoms with Crippen LogP contribution in [0.2, 0.25) is 0 Å². The van der Waals surface area contributed by atoms with E-state index in [-0.39, 0.29) is 0 Å². The van der Waals surface area contributed by atoms with Gasteiger partial charge in [-0.2, -0.15) is 0 Å². The summed E-state index contributed by atoms with van der Waals surface area (Å²) in [5.41, 5.74) is 0. The molecule has 2 heterocycles. The van der Waals surface area contributed by atoms with Crippen LogP contribution >= 0.6 is 0 Å². The molecule has 0 amide bonds. The lowest BCUT2D eigenvalue weighted by atomic mass is 10.1. The normalized spacial score (nSPS) is 21.7. The molecule has 0 saturated carbocycles. The van der Waals surface area contributed by atoms with Gasteiger partial charge in [0, 0.05) is 32.1 Å². The SMILES string of the molecule is c1cn(CCCOC2CCCNC2)cn1. The van der Waals surface area contributed by atoms with Gasteiger partial charge in [-0.05, 0) is 25.8 Å². The summed E-state index contributed by atoms with van der Waals surface area (Å²) in [5, 5.41) is 3.35. The maximum atomic E-state index is 5.78. The number of hydrogen-bond donors (Lipinski definition) is 1. The molecule has 4 heteroatoms. The van der Waals surface area contributed by atoms with E-state index in [0.717, 1.165) is 32.7 Å². The fourth-order valence-electron chi connectivity index (χ4n) is 1.88. The standard InChI is InChI=1S/C11H19N3O/c1-3-11(9-12-4-1)15-8-2-6-14-7-5-13-10-14/h5,7,10-12H,1-4,6,8-9H2. The number of aryl methyl sites for hydroxylation is 1. The Balaban J connectivity index is 1.54. The lowest BCUT2D eigenvalue weighted by Crippen LogP contribution is -2.35. The fraction of sp³-hybridized carbons (Fsp3) is 0.727. The predicted molar refractivity (Wildman–Crippen MR) is 58.7 cm³/mol. The summed E-state index contributed by atoms with van der Waals surface area (Å²) in [6.07, 6.45) is 9.59. The van der Waals surface area contributed by atoms with Crippen molar-refractivity contribution in [3.63, 3.8) is 0 Å². The molecule has 0 spiro atoms. The van der Waals surface area contributed by atoms with Crippen LogP contribution < -0.4 is 5.32 Å². The van der Waals surface area contributed by atoms with Gasteiger partial charge >= 0.3 is 0 Å². The van der Waals surface area contributed by atoms with E-state index in [1.54, 1.807) is 0 Å². The van der Waals surface area contributed by atoms with Crippen LogP contribution in [0.3, 0.4) is 0 Å². The first-order valence-corrected chi connectivity index (χ1v) is 5.73. The largest absolute Gasteiger partial charge is 0.377 e. The zero-order chi connectivity index (χ0) is 10.3. The van der Waals surface area contributed by atoms with Gasteiger partial charge in [-0.25, -0.2) is 4.98 Å². The molecule has 1 aromatic rings. The highest BCUT2D eigenvalue weighted by Gasteiger charge is 2.12. The maximum Gasteiger partial charge on any atom is 0.0945 e. The molecule has 84 valence electrons. The first-order valence-electron chi connectivity index (χ1n) is 5.73. The number of nitrogens with zero attached hydrogens (tertiary/aromatic N) is 2. The predicted octanol–water partition coefficient (Wildman–Crippen LogP) is 1.04. The van der Waals surface area contributed by atoms with Gasteiger partial charge in [0.1, 0.15) is 0 Å². The number of ether oxygens (including phenoxy) is 1. The Labute approximate surface area is 90.6 Å². The Bertz CT molecular complexity index is 255. The van der Waals surface area contributed by atoms with E-state index >= 15 is 0 Å². The highest BCUT2D eigenvalue weighted by Crippen LogP contribution is 2.06. The number of rotatable bonds is 5. The van der Waals surface area contributed by atoms with Gasteiger partial charge in [-0.3, -0.25) is 0 Å². The molecule has 0 aliphatic carbocycles. The van der Waals surface area contributed by atoms with Crippen LogP contribution in [0.1, 0.15) is 19.3 Å². The highest BCUT2D eigenvalue weighted by atomic mass is 16.5. The van der Waals surface area contributed by atoms with Crippen molar-refractivity contribution in [2.24, 2.45) is 0 Å². The van der Waals surface area contributed by atoms with Gasteiger partial charge in [0.05, 0.1) is 12.4 Å². The number of nitrogens with one attached hydrogen (secondary N) is 1. The van der Waals surface area contributed by atoms with Crippen LogP contribution in [0.15, 0.2) is 18.7 Å². The lowest BCUT2D eigenvalue weighted by Gasteiger charge is -2.23. The quantitative estimate of drug-likeness (QED) is 0.736. The van der Waals surface area contributed by atoms with Crippen LogP contribution in [0, 0.1) is 0 Å². The molecular weight excluding hydrogens is 190 g/mol. The van der Waals surface area contributed by atoms with Crippen LogP contribution in [0.4, 0.5) is 0 Å². The molecule has 1 aliphatic heterocycles. The molecule has 1 aliphatic rings. The Hall–Kier alpha value is -0.870. The van der Waals surface area contributed by atoms with E-state index in [1.165, 1.54) is 12.8 Å². The molecule has 1 atom stereocenters. The average molecular weight is 209 g/mol. The average Bonchev–Trinajstić information content (AvgIpc) is 2.79. The zero-order valence-corrected chi connectivity index (χ0v) is 9.06. The van der Waals surface area contributed by atoms with Crippen molar-refractivity contribution in [2.75, 3.05) is 19.7 Å². The zero-order valence-electron chi connectivity index (χ0n) is 9.06. The van der Waals surface area contributed by atoms with Gasteiger partial charge in [0.25, 0.3) is 0 Å². The summed E-state index contributed by atoms with van der Waals surface area (Å²) in [4.78, 5) is 4.00. The minimum absolute atomic E-state index is 0.432. The summed E-state index contributed by atoms with van der Waals surface area (Å²) in [7, 11) is 0. The Kier molecular flexibility index (Phi) is 4.17. The minimum atomic E-state index is 0.432. The van der Waals surface area contributed by atoms with Crippen molar-refractivity contribution in [2.45, 2.75) is 31.9 Å². The lowest BCUT2D eigenvalue weighted by molar-refractivity contribution is 0.0341. The van der Waals surface area contributed by atoms with Crippen molar-refractivity contribution in [3.05, 3.63) is 18.7 Å². The third-order valence-electron chi connectivity index (χ3n) is 2.73. The number of imidazole rings is 1. The molecule has 1 aromatic heterocycles. The Morgan fingerprint density at radius 1 is 1.53 bits per heavy atom. The first kappa shape index (κ1) is 10.6. The van der Waals surface area contributed by atoms with Crippen LogP contribution in [-0.4, -0.2) is 35.4 Å². The van der Waals surface area contributed by atoms with Crippen molar-refractivity contribution >= 4 is 0 Å². The van der Waals surface area contributed by atoms with Crippen molar-refractivity contribution in [1.82, 2.24) is 14.9 Å². The highest BCUT2D eigenvalue weighted by molar-refractivity contribution is 4.73. The van der Waals surface area contributed by atoms with Crippen molar-refractivity contribution < 1.29 is 4.74 Å². The van der Waals surface area contributed by atoms with Gasteiger partial charge < -0.3 is 14.6 Å². The smallest absolute Gasteiger partial charge is 0.0945 e. The van der Waals surface area contributed by atoms with E-state index in [0.29, 0.717) is 6.10 Å². The van der Waals surface area contributed by atoms with Gasteiger partial charge in [0.15, 0.2) is 0 Å². The second-order valence-electron chi connectivity index (χ2n) is 3.99. The van der Waals surface area contributed by atoms with E-state index in [2.05, 4.69) is 14.9 Å². The first-order chi connectivity index (χ1) is 7.45.